The minimum Gasteiger partial charge on any atom is -0.478 e. The maximum atomic E-state index is 12.6. The van der Waals surface area contributed by atoms with Crippen molar-refractivity contribution in [3.63, 3.8) is 0 Å². The van der Waals surface area contributed by atoms with Crippen molar-refractivity contribution in [2.75, 3.05) is 5.75 Å². The molecule has 0 bridgehead atoms. The Hall–Kier alpha value is -1.80. The summed E-state index contributed by atoms with van der Waals surface area (Å²) in [6, 6.07) is 5.25. The van der Waals surface area contributed by atoms with Crippen molar-refractivity contribution in [2.24, 2.45) is 11.8 Å². The van der Waals surface area contributed by atoms with Gasteiger partial charge < -0.3 is 15.0 Å². The van der Waals surface area contributed by atoms with Crippen molar-refractivity contribution >= 4 is 40.4 Å². The lowest BCUT2D eigenvalue weighted by Crippen LogP contribution is -2.32. The molecule has 31 heavy (non-hydrogen) atoms. The number of amides is 1. The van der Waals surface area contributed by atoms with Gasteiger partial charge in [-0.2, -0.15) is 12.6 Å². The highest BCUT2D eigenvalue weighted by Gasteiger charge is 2.19. The minimum atomic E-state index is -0.965. The number of thiol groups is 1. The summed E-state index contributed by atoms with van der Waals surface area (Å²) in [6.45, 7) is 7.31. The SMILES string of the molecule is CCCCc1ncc(CNC(=O)C(CS)CC(C)C)n1Cc1ccc(C(=O)O)c(Br)c1. The first-order valence-corrected chi connectivity index (χ1v) is 12.1. The van der Waals surface area contributed by atoms with Gasteiger partial charge in [0.1, 0.15) is 5.82 Å². The molecule has 1 amide bonds. The highest BCUT2D eigenvalue weighted by molar-refractivity contribution is 9.10. The molecule has 0 fully saturated rings. The molecule has 1 unspecified atom stereocenters. The predicted octanol–water partition coefficient (Wildman–Crippen LogP) is 4.94. The average Bonchev–Trinajstić information content (AvgIpc) is 3.09. The molecule has 2 aromatic rings. The second-order valence-corrected chi connectivity index (χ2v) is 9.42. The van der Waals surface area contributed by atoms with Crippen LogP contribution in [0.15, 0.2) is 28.9 Å². The third-order valence-electron chi connectivity index (χ3n) is 5.17. The van der Waals surface area contributed by atoms with Crippen LogP contribution in [0.4, 0.5) is 0 Å². The Labute approximate surface area is 198 Å². The Morgan fingerprint density at radius 1 is 1.32 bits per heavy atom. The van der Waals surface area contributed by atoms with Crippen molar-refractivity contribution in [3.8, 4) is 0 Å². The van der Waals surface area contributed by atoms with Crippen LogP contribution >= 0.6 is 28.6 Å². The van der Waals surface area contributed by atoms with Crippen LogP contribution in [0.2, 0.25) is 0 Å². The lowest BCUT2D eigenvalue weighted by molar-refractivity contribution is -0.124. The van der Waals surface area contributed by atoms with Crippen LogP contribution in [0.3, 0.4) is 0 Å². The molecule has 0 radical (unpaired) electrons. The number of carboxylic acid groups (broad SMARTS) is 1. The molecule has 0 aliphatic rings. The third kappa shape index (κ3) is 7.38. The van der Waals surface area contributed by atoms with Gasteiger partial charge in [-0.1, -0.05) is 33.3 Å². The zero-order valence-electron chi connectivity index (χ0n) is 18.4. The van der Waals surface area contributed by atoms with Gasteiger partial charge in [-0.05, 0) is 52.4 Å². The van der Waals surface area contributed by atoms with Gasteiger partial charge >= 0.3 is 5.97 Å². The van der Waals surface area contributed by atoms with Crippen LogP contribution in [-0.4, -0.2) is 32.3 Å². The minimum absolute atomic E-state index is 0.0140. The van der Waals surface area contributed by atoms with Gasteiger partial charge in [0, 0.05) is 29.1 Å². The summed E-state index contributed by atoms with van der Waals surface area (Å²) >= 11 is 7.70. The summed E-state index contributed by atoms with van der Waals surface area (Å²) in [4.78, 5) is 28.5. The first-order valence-electron chi connectivity index (χ1n) is 10.7. The van der Waals surface area contributed by atoms with E-state index in [2.05, 4.69) is 64.2 Å². The van der Waals surface area contributed by atoms with Crippen LogP contribution in [0.25, 0.3) is 0 Å². The van der Waals surface area contributed by atoms with Crippen LogP contribution in [-0.2, 0) is 24.3 Å². The molecule has 1 atom stereocenters. The molecule has 1 aromatic carbocycles. The average molecular weight is 510 g/mol. The van der Waals surface area contributed by atoms with E-state index in [1.165, 1.54) is 0 Å². The maximum absolute atomic E-state index is 12.6. The van der Waals surface area contributed by atoms with Crippen molar-refractivity contribution in [1.82, 2.24) is 14.9 Å². The molecule has 1 heterocycles. The Morgan fingerprint density at radius 3 is 2.65 bits per heavy atom. The predicted molar refractivity (Wildman–Crippen MR) is 130 cm³/mol. The number of carbonyl (C=O) groups is 2. The van der Waals surface area contributed by atoms with Crippen LogP contribution in [0, 0.1) is 11.8 Å². The van der Waals surface area contributed by atoms with Gasteiger partial charge in [0.05, 0.1) is 24.0 Å². The van der Waals surface area contributed by atoms with Crippen LogP contribution < -0.4 is 5.32 Å². The Balaban J connectivity index is 2.21. The van der Waals surface area contributed by atoms with E-state index in [1.807, 2.05) is 18.3 Å². The first kappa shape index (κ1) is 25.5. The van der Waals surface area contributed by atoms with Gasteiger partial charge in [0.2, 0.25) is 5.91 Å². The normalized spacial score (nSPS) is 12.2. The maximum Gasteiger partial charge on any atom is 0.336 e. The monoisotopic (exact) mass is 509 g/mol. The molecule has 170 valence electrons. The zero-order valence-corrected chi connectivity index (χ0v) is 20.9. The number of nitrogens with zero attached hydrogens (tertiary/aromatic N) is 2. The lowest BCUT2D eigenvalue weighted by atomic mass is 9.98. The summed E-state index contributed by atoms with van der Waals surface area (Å²) in [5, 5.41) is 12.3. The third-order valence-corrected chi connectivity index (χ3v) is 6.27. The molecule has 2 rings (SSSR count). The number of nitrogens with one attached hydrogen (secondary N) is 1. The fraction of sp³-hybridized carbons (Fsp3) is 0.522. The second kappa shape index (κ2) is 12.3. The van der Waals surface area contributed by atoms with E-state index in [-0.39, 0.29) is 17.4 Å². The standard InChI is InChI=1S/C23H32BrN3O3S/c1-4-5-6-21-25-11-18(12-26-22(28)17(14-31)9-15(2)3)27(21)13-16-7-8-19(23(29)30)20(24)10-16/h7-8,10-11,15,17,31H,4-6,9,12-14H2,1-3H3,(H,26,28)(H,29,30). The van der Waals surface area contributed by atoms with Gasteiger partial charge in [-0.3, -0.25) is 4.79 Å². The number of aromatic nitrogens is 2. The van der Waals surface area contributed by atoms with Gasteiger partial charge in [0.25, 0.3) is 0 Å². The Bertz CT molecular complexity index is 898. The summed E-state index contributed by atoms with van der Waals surface area (Å²) in [5.41, 5.74) is 2.13. The number of carbonyl (C=O) groups excluding carboxylic acids is 1. The number of benzene rings is 1. The summed E-state index contributed by atoms with van der Waals surface area (Å²) in [7, 11) is 0. The summed E-state index contributed by atoms with van der Waals surface area (Å²) in [5.74, 6) is 0.862. The van der Waals surface area contributed by atoms with Crippen molar-refractivity contribution < 1.29 is 14.7 Å². The van der Waals surface area contributed by atoms with E-state index in [0.29, 0.717) is 29.2 Å². The van der Waals surface area contributed by atoms with E-state index in [4.69, 9.17) is 0 Å². The summed E-state index contributed by atoms with van der Waals surface area (Å²) < 4.78 is 2.67. The van der Waals surface area contributed by atoms with Gasteiger partial charge in [-0.15, -0.1) is 0 Å². The van der Waals surface area contributed by atoms with Crippen molar-refractivity contribution in [3.05, 3.63) is 51.5 Å². The molecule has 6 nitrogen and oxygen atoms in total. The van der Waals surface area contributed by atoms with Crippen molar-refractivity contribution in [2.45, 2.75) is 59.5 Å². The number of carboxylic acids is 1. The number of halogens is 1. The molecule has 0 saturated heterocycles. The lowest BCUT2D eigenvalue weighted by Gasteiger charge is -2.18. The molecule has 1 aromatic heterocycles. The number of aryl methyl sites for hydroxylation is 1. The van der Waals surface area contributed by atoms with Crippen LogP contribution in [0.1, 0.15) is 67.5 Å². The Morgan fingerprint density at radius 2 is 2.06 bits per heavy atom. The van der Waals surface area contributed by atoms with Gasteiger partial charge in [-0.25, -0.2) is 9.78 Å². The first-order chi connectivity index (χ1) is 14.8. The molecule has 0 saturated carbocycles. The van der Waals surface area contributed by atoms with E-state index < -0.39 is 5.97 Å². The molecule has 0 spiro atoms. The molecule has 8 heteroatoms. The van der Waals surface area contributed by atoms with Crippen molar-refractivity contribution in [1.29, 1.82) is 0 Å². The number of hydrogen-bond acceptors (Lipinski definition) is 4. The molecule has 2 N–H and O–H groups in total. The number of imidazole rings is 1. The van der Waals surface area contributed by atoms with E-state index in [0.717, 1.165) is 42.8 Å². The quantitative estimate of drug-likeness (QED) is 0.353. The smallest absolute Gasteiger partial charge is 0.336 e. The largest absolute Gasteiger partial charge is 0.478 e. The molecular weight excluding hydrogens is 478 g/mol. The fourth-order valence-electron chi connectivity index (χ4n) is 3.49. The number of unbranched alkanes of at least 4 members (excludes halogenated alkanes) is 1. The number of rotatable bonds is 12. The highest BCUT2D eigenvalue weighted by atomic mass is 79.9. The summed E-state index contributed by atoms with van der Waals surface area (Å²) in [6.07, 6.45) is 5.58. The van der Waals surface area contributed by atoms with E-state index in [9.17, 15) is 14.7 Å². The van der Waals surface area contributed by atoms with E-state index >= 15 is 0 Å². The van der Waals surface area contributed by atoms with E-state index in [1.54, 1.807) is 6.07 Å². The molecule has 0 aliphatic carbocycles. The number of hydrogen-bond donors (Lipinski definition) is 3. The molecular formula is C23H32BrN3O3S. The highest BCUT2D eigenvalue weighted by Crippen LogP contribution is 2.21. The van der Waals surface area contributed by atoms with Gasteiger partial charge in [0.15, 0.2) is 0 Å². The zero-order chi connectivity index (χ0) is 23.0. The topological polar surface area (TPSA) is 84.2 Å². The Kier molecular flexibility index (Phi) is 10.1. The second-order valence-electron chi connectivity index (χ2n) is 8.20. The fourth-order valence-corrected chi connectivity index (χ4v) is 4.40. The van der Waals surface area contributed by atoms with Crippen LogP contribution in [0.5, 0.6) is 0 Å². The number of aromatic carboxylic acids is 1. The molecule has 0 aliphatic heterocycles.